The smallest absolute Gasteiger partial charge is 0.338 e. The van der Waals surface area contributed by atoms with Gasteiger partial charge < -0.3 is 14.8 Å². The molecular formula is C19H20N2O6. The van der Waals surface area contributed by atoms with Crippen LogP contribution < -0.4 is 10.1 Å². The highest BCUT2D eigenvalue weighted by molar-refractivity contribution is 5.98. The van der Waals surface area contributed by atoms with Crippen LogP contribution in [0.4, 0.5) is 11.4 Å². The molecule has 8 heteroatoms. The Morgan fingerprint density at radius 1 is 1.11 bits per heavy atom. The average Bonchev–Trinajstić information content (AvgIpc) is 2.63. The summed E-state index contributed by atoms with van der Waals surface area (Å²) in [5.41, 5.74) is 2.41. The highest BCUT2D eigenvalue weighted by Gasteiger charge is 2.21. The first-order valence-corrected chi connectivity index (χ1v) is 8.14. The summed E-state index contributed by atoms with van der Waals surface area (Å²) in [5, 5.41) is 13.4. The summed E-state index contributed by atoms with van der Waals surface area (Å²) in [6, 6.07) is 8.92. The van der Waals surface area contributed by atoms with Crippen LogP contribution in [0.25, 0.3) is 0 Å². The number of rotatable bonds is 6. The fourth-order valence-electron chi connectivity index (χ4n) is 2.28. The summed E-state index contributed by atoms with van der Waals surface area (Å²) in [6.07, 6.45) is -1.07. The van der Waals surface area contributed by atoms with Crippen LogP contribution >= 0.6 is 0 Å². The fraction of sp³-hybridized carbons (Fsp3) is 0.263. The predicted molar refractivity (Wildman–Crippen MR) is 99.1 cm³/mol. The summed E-state index contributed by atoms with van der Waals surface area (Å²) in [6.45, 7) is 5.24. The monoisotopic (exact) mass is 372 g/mol. The van der Waals surface area contributed by atoms with E-state index in [2.05, 4.69) is 5.32 Å². The number of esters is 1. The van der Waals surface area contributed by atoms with E-state index in [1.165, 1.54) is 32.2 Å². The standard InChI is InChI=1S/C19H20N2O6/c1-11-5-6-14(9-12(11)2)19(23)27-13(3)18(22)20-16-8-7-15(21(24)25)10-17(16)26-4/h5-10,13H,1-4H3,(H,20,22)/t13-/m1/s1. The van der Waals surface area contributed by atoms with E-state index in [0.717, 1.165) is 11.1 Å². The maximum absolute atomic E-state index is 12.3. The minimum absolute atomic E-state index is 0.130. The fourth-order valence-corrected chi connectivity index (χ4v) is 2.28. The molecule has 8 nitrogen and oxygen atoms in total. The van der Waals surface area contributed by atoms with Gasteiger partial charge in [0, 0.05) is 6.07 Å². The molecule has 0 unspecified atom stereocenters. The van der Waals surface area contributed by atoms with E-state index in [1.807, 2.05) is 13.8 Å². The van der Waals surface area contributed by atoms with Gasteiger partial charge in [0.15, 0.2) is 6.10 Å². The Kier molecular flexibility index (Phi) is 6.12. The minimum atomic E-state index is -1.07. The zero-order valence-electron chi connectivity index (χ0n) is 15.4. The summed E-state index contributed by atoms with van der Waals surface area (Å²) in [7, 11) is 1.33. The number of methoxy groups -OCH3 is 1. The largest absolute Gasteiger partial charge is 0.494 e. The molecule has 0 aromatic heterocycles. The first-order chi connectivity index (χ1) is 12.7. The Bertz CT molecular complexity index is 894. The van der Waals surface area contributed by atoms with Crippen molar-refractivity contribution in [2.75, 3.05) is 12.4 Å². The van der Waals surface area contributed by atoms with Crippen molar-refractivity contribution in [2.24, 2.45) is 0 Å². The highest BCUT2D eigenvalue weighted by atomic mass is 16.6. The molecule has 142 valence electrons. The topological polar surface area (TPSA) is 108 Å². The van der Waals surface area contributed by atoms with Gasteiger partial charge in [-0.05, 0) is 50.1 Å². The molecule has 0 saturated heterocycles. The molecule has 0 bridgehead atoms. The van der Waals surface area contributed by atoms with Crippen molar-refractivity contribution >= 4 is 23.3 Å². The first kappa shape index (κ1) is 19.9. The molecule has 1 amide bonds. The number of carbonyl (C=O) groups is 2. The van der Waals surface area contributed by atoms with Gasteiger partial charge in [-0.3, -0.25) is 14.9 Å². The molecule has 0 aliphatic heterocycles. The molecule has 0 fully saturated rings. The summed E-state index contributed by atoms with van der Waals surface area (Å²) in [4.78, 5) is 34.8. The molecule has 2 aromatic carbocycles. The Balaban J connectivity index is 2.08. The van der Waals surface area contributed by atoms with Gasteiger partial charge in [0.1, 0.15) is 5.75 Å². The quantitative estimate of drug-likeness (QED) is 0.473. The number of non-ortho nitro benzene ring substituents is 1. The van der Waals surface area contributed by atoms with E-state index < -0.39 is 22.9 Å². The van der Waals surface area contributed by atoms with Crippen LogP contribution in [-0.2, 0) is 9.53 Å². The van der Waals surface area contributed by atoms with Crippen molar-refractivity contribution in [3.8, 4) is 5.75 Å². The molecule has 2 aromatic rings. The molecule has 2 rings (SSSR count). The number of aryl methyl sites for hydroxylation is 2. The van der Waals surface area contributed by atoms with Crippen molar-refractivity contribution in [2.45, 2.75) is 26.9 Å². The van der Waals surface area contributed by atoms with E-state index in [9.17, 15) is 19.7 Å². The van der Waals surface area contributed by atoms with Gasteiger partial charge in [-0.2, -0.15) is 0 Å². The van der Waals surface area contributed by atoms with Crippen molar-refractivity contribution in [3.05, 3.63) is 63.2 Å². The van der Waals surface area contributed by atoms with E-state index in [-0.39, 0.29) is 17.1 Å². The number of nitrogens with one attached hydrogen (secondary N) is 1. The number of nitro groups is 1. The second-order valence-electron chi connectivity index (χ2n) is 5.98. The third kappa shape index (κ3) is 4.81. The third-order valence-electron chi connectivity index (χ3n) is 4.05. The Morgan fingerprint density at radius 2 is 1.81 bits per heavy atom. The predicted octanol–water partition coefficient (Wildman–Crippen LogP) is 3.40. The number of nitro benzene ring substituents is 1. The Labute approximate surface area is 156 Å². The highest BCUT2D eigenvalue weighted by Crippen LogP contribution is 2.29. The first-order valence-electron chi connectivity index (χ1n) is 8.14. The number of carbonyl (C=O) groups excluding carboxylic acids is 2. The lowest BCUT2D eigenvalue weighted by atomic mass is 10.1. The van der Waals surface area contributed by atoms with Crippen LogP contribution in [0.5, 0.6) is 5.75 Å². The van der Waals surface area contributed by atoms with Crippen molar-refractivity contribution in [1.29, 1.82) is 0 Å². The Morgan fingerprint density at radius 3 is 2.41 bits per heavy atom. The average molecular weight is 372 g/mol. The molecule has 0 aliphatic carbocycles. The van der Waals surface area contributed by atoms with Crippen LogP contribution in [-0.4, -0.2) is 30.0 Å². The van der Waals surface area contributed by atoms with Crippen LogP contribution in [0.15, 0.2) is 36.4 Å². The van der Waals surface area contributed by atoms with Crippen molar-refractivity contribution < 1.29 is 24.0 Å². The third-order valence-corrected chi connectivity index (χ3v) is 4.05. The van der Waals surface area contributed by atoms with Gasteiger partial charge in [-0.15, -0.1) is 0 Å². The molecule has 0 saturated carbocycles. The molecule has 27 heavy (non-hydrogen) atoms. The number of hydrogen-bond acceptors (Lipinski definition) is 6. The van der Waals surface area contributed by atoms with Gasteiger partial charge in [0.05, 0.1) is 29.4 Å². The van der Waals surface area contributed by atoms with Gasteiger partial charge in [0.2, 0.25) is 0 Å². The summed E-state index contributed by atoms with van der Waals surface area (Å²) >= 11 is 0. The molecule has 0 spiro atoms. The molecular weight excluding hydrogens is 352 g/mol. The van der Waals surface area contributed by atoms with E-state index in [4.69, 9.17) is 9.47 Å². The second kappa shape index (κ2) is 8.31. The number of benzene rings is 2. The lowest BCUT2D eigenvalue weighted by Gasteiger charge is -2.15. The minimum Gasteiger partial charge on any atom is -0.494 e. The van der Waals surface area contributed by atoms with Crippen LogP contribution in [0, 0.1) is 24.0 Å². The van der Waals surface area contributed by atoms with Gasteiger partial charge in [0.25, 0.3) is 11.6 Å². The molecule has 0 aliphatic rings. The number of nitrogens with zero attached hydrogens (tertiary/aromatic N) is 1. The molecule has 0 heterocycles. The zero-order chi connectivity index (χ0) is 20.1. The molecule has 0 radical (unpaired) electrons. The zero-order valence-corrected chi connectivity index (χ0v) is 15.4. The SMILES string of the molecule is COc1cc([N+](=O)[O-])ccc1NC(=O)[C@@H](C)OC(=O)c1ccc(C)c(C)c1. The maximum Gasteiger partial charge on any atom is 0.338 e. The van der Waals surface area contributed by atoms with Crippen molar-refractivity contribution in [1.82, 2.24) is 0 Å². The summed E-state index contributed by atoms with van der Waals surface area (Å²) < 4.78 is 10.3. The molecule has 1 atom stereocenters. The van der Waals surface area contributed by atoms with Crippen LogP contribution in [0.2, 0.25) is 0 Å². The molecule has 1 N–H and O–H groups in total. The second-order valence-corrected chi connectivity index (χ2v) is 5.98. The van der Waals surface area contributed by atoms with Gasteiger partial charge >= 0.3 is 5.97 Å². The van der Waals surface area contributed by atoms with Crippen LogP contribution in [0.3, 0.4) is 0 Å². The van der Waals surface area contributed by atoms with E-state index >= 15 is 0 Å². The van der Waals surface area contributed by atoms with E-state index in [1.54, 1.807) is 18.2 Å². The summed E-state index contributed by atoms with van der Waals surface area (Å²) in [5.74, 6) is -1.07. The lowest BCUT2D eigenvalue weighted by molar-refractivity contribution is -0.384. The lowest BCUT2D eigenvalue weighted by Crippen LogP contribution is -2.30. The number of hydrogen-bond donors (Lipinski definition) is 1. The van der Waals surface area contributed by atoms with E-state index in [0.29, 0.717) is 5.56 Å². The number of ether oxygens (including phenoxy) is 2. The number of amides is 1. The van der Waals surface area contributed by atoms with Crippen molar-refractivity contribution in [3.63, 3.8) is 0 Å². The normalized spacial score (nSPS) is 11.4. The Hall–Kier alpha value is -3.42. The van der Waals surface area contributed by atoms with Gasteiger partial charge in [-0.1, -0.05) is 6.07 Å². The van der Waals surface area contributed by atoms with Gasteiger partial charge in [-0.25, -0.2) is 4.79 Å². The maximum atomic E-state index is 12.3. The number of anilines is 1. The van der Waals surface area contributed by atoms with Crippen LogP contribution in [0.1, 0.15) is 28.4 Å².